The monoisotopic (exact) mass is 327 g/mol. The Morgan fingerprint density at radius 1 is 1.04 bits per heavy atom. The summed E-state index contributed by atoms with van der Waals surface area (Å²) in [4.78, 5) is 25.9. The Bertz CT molecular complexity index is 776. The Kier molecular flexibility index (Phi) is 4.70. The average Bonchev–Trinajstić information content (AvgIpc) is 2.52. The molecule has 0 N–H and O–H groups in total. The van der Waals surface area contributed by atoms with Gasteiger partial charge in [-0.3, -0.25) is 4.90 Å². The molecule has 2 aromatic carbocycles. The highest BCUT2D eigenvalue weighted by Gasteiger charge is 2.37. The molecule has 0 fully saturated rings. The van der Waals surface area contributed by atoms with Crippen LogP contribution in [-0.2, 0) is 15.1 Å². The number of carbonyl (C=O) groups is 2. The maximum Gasteiger partial charge on any atom is 0.411 e. The van der Waals surface area contributed by atoms with E-state index < -0.39 is 17.2 Å². The summed E-state index contributed by atoms with van der Waals surface area (Å²) >= 11 is 0. The number of aldehydes is 1. The fourth-order valence-corrected chi connectivity index (χ4v) is 2.73. The molecule has 0 saturated heterocycles. The summed E-state index contributed by atoms with van der Waals surface area (Å²) in [6.07, 6.45) is 0.273. The van der Waals surface area contributed by atoms with Crippen LogP contribution in [0.25, 0.3) is 10.8 Å². The Morgan fingerprint density at radius 2 is 1.62 bits per heavy atom. The second kappa shape index (κ2) is 6.27. The molecule has 4 nitrogen and oxygen atoms in total. The van der Waals surface area contributed by atoms with Crippen LogP contribution in [0.3, 0.4) is 0 Å². The predicted octanol–water partition coefficient (Wildman–Crippen LogP) is 4.43. The molecule has 1 amide bonds. The summed E-state index contributed by atoms with van der Waals surface area (Å²) in [5.74, 6) is 0. The molecule has 24 heavy (non-hydrogen) atoms. The van der Waals surface area contributed by atoms with Gasteiger partial charge in [-0.25, -0.2) is 4.79 Å². The molecule has 0 heterocycles. The number of hydrogen-bond donors (Lipinski definition) is 0. The summed E-state index contributed by atoms with van der Waals surface area (Å²) in [5.41, 5.74) is 0.176. The van der Waals surface area contributed by atoms with E-state index >= 15 is 0 Å². The number of likely N-dealkylation sites (N-methyl/N-ethyl adjacent to an activating group) is 1. The van der Waals surface area contributed by atoms with Gasteiger partial charge in [0, 0.05) is 7.05 Å². The normalized spacial score (nSPS) is 14.1. The molecule has 0 aliphatic carbocycles. The van der Waals surface area contributed by atoms with Gasteiger partial charge >= 0.3 is 6.09 Å². The van der Waals surface area contributed by atoms with Gasteiger partial charge in [-0.05, 0) is 56.5 Å². The lowest BCUT2D eigenvalue weighted by Gasteiger charge is -2.36. The van der Waals surface area contributed by atoms with E-state index in [1.54, 1.807) is 34.7 Å². The molecule has 0 saturated carbocycles. The third-order valence-corrected chi connectivity index (χ3v) is 4.28. The second-order valence-electron chi connectivity index (χ2n) is 7.28. The highest BCUT2D eigenvalue weighted by atomic mass is 16.6. The van der Waals surface area contributed by atoms with Gasteiger partial charge in [0.25, 0.3) is 0 Å². The standard InChI is InChI=1S/C20H25NO3/c1-14-11-12-17(16-10-8-7-9-15(14)16)20(5,13-22)21(6)18(23)24-19(2,3)4/h7-13H,1-6H3. The lowest BCUT2D eigenvalue weighted by molar-refractivity contribution is -0.117. The number of ether oxygens (including phenoxy) is 1. The smallest absolute Gasteiger partial charge is 0.411 e. The maximum atomic E-state index is 12.5. The number of amides is 1. The molecule has 0 aromatic heterocycles. The van der Waals surface area contributed by atoms with Crippen molar-refractivity contribution in [2.24, 2.45) is 0 Å². The zero-order valence-corrected chi connectivity index (χ0v) is 15.2. The van der Waals surface area contributed by atoms with E-state index in [4.69, 9.17) is 4.74 Å². The molecule has 0 spiro atoms. The first-order valence-electron chi connectivity index (χ1n) is 8.02. The Balaban J connectivity index is 2.56. The minimum absolute atomic E-state index is 0.526. The van der Waals surface area contributed by atoms with E-state index in [1.807, 2.05) is 43.3 Å². The summed E-state index contributed by atoms with van der Waals surface area (Å²) < 4.78 is 5.43. The highest BCUT2D eigenvalue weighted by molar-refractivity contribution is 5.93. The second-order valence-corrected chi connectivity index (χ2v) is 7.28. The molecule has 0 bridgehead atoms. The topological polar surface area (TPSA) is 46.6 Å². The molecule has 1 atom stereocenters. The Hall–Kier alpha value is -2.36. The molecule has 0 aliphatic heterocycles. The molecule has 128 valence electrons. The van der Waals surface area contributed by atoms with Crippen LogP contribution in [0, 0.1) is 6.92 Å². The van der Waals surface area contributed by atoms with Gasteiger partial charge in [-0.2, -0.15) is 0 Å². The fourth-order valence-electron chi connectivity index (χ4n) is 2.73. The van der Waals surface area contributed by atoms with Gasteiger partial charge < -0.3 is 9.53 Å². The number of hydrogen-bond acceptors (Lipinski definition) is 3. The van der Waals surface area contributed by atoms with Crippen LogP contribution in [0.2, 0.25) is 0 Å². The molecule has 2 aromatic rings. The largest absolute Gasteiger partial charge is 0.444 e. The third kappa shape index (κ3) is 3.28. The van der Waals surface area contributed by atoms with Gasteiger partial charge in [0.15, 0.2) is 0 Å². The van der Waals surface area contributed by atoms with Crippen LogP contribution in [0.5, 0.6) is 0 Å². The molecular formula is C20H25NO3. The fraction of sp³-hybridized carbons (Fsp3) is 0.400. The first-order chi connectivity index (χ1) is 11.1. The predicted molar refractivity (Wildman–Crippen MR) is 96.1 cm³/mol. The van der Waals surface area contributed by atoms with E-state index in [2.05, 4.69) is 0 Å². The summed E-state index contributed by atoms with van der Waals surface area (Å²) in [6, 6.07) is 11.8. The number of fused-ring (bicyclic) bond motifs is 1. The van der Waals surface area contributed by atoms with Gasteiger partial charge in [-0.15, -0.1) is 0 Å². The molecule has 2 rings (SSSR count). The van der Waals surface area contributed by atoms with Crippen molar-refractivity contribution in [3.63, 3.8) is 0 Å². The Labute approximate surface area is 143 Å². The average molecular weight is 327 g/mol. The third-order valence-electron chi connectivity index (χ3n) is 4.28. The lowest BCUT2D eigenvalue weighted by Crippen LogP contribution is -2.48. The van der Waals surface area contributed by atoms with Crippen LogP contribution < -0.4 is 0 Å². The number of rotatable bonds is 3. The van der Waals surface area contributed by atoms with E-state index in [1.165, 1.54) is 4.90 Å². The molecule has 0 aliphatic rings. The summed E-state index contributed by atoms with van der Waals surface area (Å²) in [6.45, 7) is 9.18. The van der Waals surface area contributed by atoms with E-state index in [0.717, 1.165) is 28.2 Å². The van der Waals surface area contributed by atoms with E-state index in [-0.39, 0.29) is 0 Å². The zero-order chi connectivity index (χ0) is 18.1. The first-order valence-corrected chi connectivity index (χ1v) is 8.02. The van der Waals surface area contributed by atoms with E-state index in [0.29, 0.717) is 0 Å². The number of nitrogens with zero attached hydrogens (tertiary/aromatic N) is 1. The first kappa shape index (κ1) is 18.0. The maximum absolute atomic E-state index is 12.5. The molecule has 4 heteroatoms. The number of carbonyl (C=O) groups excluding carboxylic acids is 2. The number of aryl methyl sites for hydroxylation is 1. The van der Waals surface area contributed by atoms with E-state index in [9.17, 15) is 9.59 Å². The van der Waals surface area contributed by atoms with Crippen LogP contribution in [0.1, 0.15) is 38.8 Å². The van der Waals surface area contributed by atoms with Crippen LogP contribution in [0.4, 0.5) is 4.79 Å². The zero-order valence-electron chi connectivity index (χ0n) is 15.2. The van der Waals surface area contributed by atoms with Crippen LogP contribution >= 0.6 is 0 Å². The summed E-state index contributed by atoms with van der Waals surface area (Å²) in [7, 11) is 1.59. The highest BCUT2D eigenvalue weighted by Crippen LogP contribution is 2.33. The minimum Gasteiger partial charge on any atom is -0.444 e. The van der Waals surface area contributed by atoms with Gasteiger partial charge in [-0.1, -0.05) is 36.4 Å². The van der Waals surface area contributed by atoms with Crippen molar-refractivity contribution >= 4 is 23.2 Å². The van der Waals surface area contributed by atoms with Crippen molar-refractivity contribution < 1.29 is 14.3 Å². The van der Waals surface area contributed by atoms with Crippen molar-refractivity contribution in [3.8, 4) is 0 Å². The van der Waals surface area contributed by atoms with Crippen molar-refractivity contribution in [3.05, 3.63) is 47.5 Å². The van der Waals surface area contributed by atoms with Gasteiger partial charge in [0.1, 0.15) is 17.4 Å². The Morgan fingerprint density at radius 3 is 2.17 bits per heavy atom. The van der Waals surface area contributed by atoms with Crippen LogP contribution in [0.15, 0.2) is 36.4 Å². The van der Waals surface area contributed by atoms with Crippen molar-refractivity contribution in [2.75, 3.05) is 7.05 Å². The SMILES string of the molecule is Cc1ccc(C(C)(C=O)N(C)C(=O)OC(C)(C)C)c2ccccc12. The van der Waals surface area contributed by atoms with Gasteiger partial charge in [0.05, 0.1) is 0 Å². The number of benzene rings is 2. The molecular weight excluding hydrogens is 302 g/mol. The summed E-state index contributed by atoms with van der Waals surface area (Å²) in [5, 5.41) is 2.03. The van der Waals surface area contributed by atoms with Crippen molar-refractivity contribution in [1.29, 1.82) is 0 Å². The van der Waals surface area contributed by atoms with Crippen LogP contribution in [-0.4, -0.2) is 29.9 Å². The lowest BCUT2D eigenvalue weighted by atomic mass is 9.86. The van der Waals surface area contributed by atoms with Gasteiger partial charge in [0.2, 0.25) is 0 Å². The van der Waals surface area contributed by atoms with Crippen molar-refractivity contribution in [2.45, 2.75) is 45.8 Å². The van der Waals surface area contributed by atoms with Crippen molar-refractivity contribution in [1.82, 2.24) is 4.90 Å². The minimum atomic E-state index is -1.12. The molecule has 0 radical (unpaired) electrons. The molecule has 1 unspecified atom stereocenters. The quantitative estimate of drug-likeness (QED) is 0.784.